The molecule has 1 aliphatic rings. The molecule has 0 unspecified atom stereocenters. The van der Waals surface area contributed by atoms with Crippen molar-refractivity contribution < 1.29 is 28.2 Å². The smallest absolute Gasteiger partial charge is 0.375 e. The molecule has 1 aliphatic heterocycles. The molecule has 132 valence electrons. The van der Waals surface area contributed by atoms with Crippen LogP contribution in [0.4, 0.5) is 5.69 Å². The number of benzene rings is 2. The number of hydrogen-bond acceptors (Lipinski definition) is 6. The van der Waals surface area contributed by atoms with Gasteiger partial charge in [0.2, 0.25) is 12.6 Å². The standard InChI is InChI=1S/C19H15NO6/c1-11(18(21)20-13-6-7-15-16(9-13)24-10-23-15)25-19(22)17-8-12-4-2-3-5-14(12)26-17/h2-9,11H,10H2,1H3,(H,20,21)/t11-/m0/s1. The minimum Gasteiger partial charge on any atom is -0.454 e. The number of carbonyl (C=O) groups is 2. The number of anilines is 1. The largest absolute Gasteiger partial charge is 0.454 e. The minimum atomic E-state index is -0.999. The zero-order chi connectivity index (χ0) is 18.1. The maximum absolute atomic E-state index is 12.3. The first-order valence-corrected chi connectivity index (χ1v) is 8.00. The summed E-state index contributed by atoms with van der Waals surface area (Å²) in [6.45, 7) is 1.64. The van der Waals surface area contributed by atoms with Crippen LogP contribution in [-0.4, -0.2) is 24.8 Å². The molecule has 0 saturated carbocycles. The van der Waals surface area contributed by atoms with Crippen molar-refractivity contribution in [2.75, 3.05) is 12.1 Å². The first-order chi connectivity index (χ1) is 12.6. The van der Waals surface area contributed by atoms with Crippen LogP contribution in [-0.2, 0) is 9.53 Å². The summed E-state index contributed by atoms with van der Waals surface area (Å²) >= 11 is 0. The summed E-state index contributed by atoms with van der Waals surface area (Å²) in [5.74, 6) is 0.0545. The van der Waals surface area contributed by atoms with Gasteiger partial charge in [-0.3, -0.25) is 4.79 Å². The monoisotopic (exact) mass is 353 g/mol. The van der Waals surface area contributed by atoms with Crippen molar-refractivity contribution in [3.63, 3.8) is 0 Å². The molecule has 26 heavy (non-hydrogen) atoms. The van der Waals surface area contributed by atoms with Gasteiger partial charge in [0.15, 0.2) is 17.6 Å². The Balaban J connectivity index is 1.41. The zero-order valence-electron chi connectivity index (χ0n) is 13.9. The lowest BCUT2D eigenvalue weighted by molar-refractivity contribution is -0.123. The summed E-state index contributed by atoms with van der Waals surface area (Å²) < 4.78 is 21.1. The van der Waals surface area contributed by atoms with E-state index in [2.05, 4.69) is 5.32 Å². The van der Waals surface area contributed by atoms with Gasteiger partial charge in [0.25, 0.3) is 5.91 Å². The van der Waals surface area contributed by atoms with Crippen molar-refractivity contribution >= 4 is 28.5 Å². The van der Waals surface area contributed by atoms with Gasteiger partial charge < -0.3 is 23.9 Å². The van der Waals surface area contributed by atoms with E-state index >= 15 is 0 Å². The lowest BCUT2D eigenvalue weighted by atomic mass is 10.2. The number of esters is 1. The summed E-state index contributed by atoms with van der Waals surface area (Å²) in [5.41, 5.74) is 1.10. The number of amides is 1. The lowest BCUT2D eigenvalue weighted by Crippen LogP contribution is -2.29. The molecule has 0 fully saturated rings. The van der Waals surface area contributed by atoms with Crippen molar-refractivity contribution in [1.82, 2.24) is 0 Å². The predicted molar refractivity (Wildman–Crippen MR) is 92.3 cm³/mol. The third kappa shape index (κ3) is 3.06. The number of furan rings is 1. The van der Waals surface area contributed by atoms with E-state index in [1.165, 1.54) is 6.92 Å². The third-order valence-corrected chi connectivity index (χ3v) is 3.92. The molecule has 0 aliphatic carbocycles. The Hall–Kier alpha value is -3.48. The zero-order valence-corrected chi connectivity index (χ0v) is 13.9. The van der Waals surface area contributed by atoms with E-state index < -0.39 is 18.0 Å². The highest BCUT2D eigenvalue weighted by Crippen LogP contribution is 2.34. The van der Waals surface area contributed by atoms with Crippen molar-refractivity contribution in [1.29, 1.82) is 0 Å². The number of carbonyl (C=O) groups excluding carboxylic acids is 2. The summed E-state index contributed by atoms with van der Waals surface area (Å²) in [4.78, 5) is 24.5. The molecule has 0 spiro atoms. The Labute approximate surface area is 148 Å². The van der Waals surface area contributed by atoms with E-state index in [-0.39, 0.29) is 12.6 Å². The van der Waals surface area contributed by atoms with E-state index in [4.69, 9.17) is 18.6 Å². The Bertz CT molecular complexity index is 960. The molecular formula is C19H15NO6. The Morgan fingerprint density at radius 1 is 1.08 bits per heavy atom. The number of nitrogens with one attached hydrogen (secondary N) is 1. The van der Waals surface area contributed by atoms with Crippen molar-refractivity contribution in [2.45, 2.75) is 13.0 Å². The van der Waals surface area contributed by atoms with Gasteiger partial charge in [-0.1, -0.05) is 18.2 Å². The molecule has 1 atom stereocenters. The first kappa shape index (κ1) is 16.0. The van der Waals surface area contributed by atoms with Crippen molar-refractivity contribution in [2.24, 2.45) is 0 Å². The SMILES string of the molecule is C[C@H](OC(=O)c1cc2ccccc2o1)C(=O)Nc1ccc2c(c1)OCO2. The molecule has 0 radical (unpaired) electrons. The molecule has 2 heterocycles. The quantitative estimate of drug-likeness (QED) is 0.724. The van der Waals surface area contributed by atoms with Crippen LogP contribution in [0.5, 0.6) is 11.5 Å². The van der Waals surface area contributed by atoms with Gasteiger partial charge in [0.05, 0.1) is 0 Å². The molecule has 3 aromatic rings. The van der Waals surface area contributed by atoms with Gasteiger partial charge in [-0.05, 0) is 31.2 Å². The summed E-state index contributed by atoms with van der Waals surface area (Å²) in [7, 11) is 0. The maximum atomic E-state index is 12.3. The molecule has 2 aromatic carbocycles. The number of fused-ring (bicyclic) bond motifs is 2. The Morgan fingerprint density at radius 2 is 1.88 bits per heavy atom. The van der Waals surface area contributed by atoms with Crippen molar-refractivity contribution in [3.05, 3.63) is 54.3 Å². The average Bonchev–Trinajstić information content (AvgIpc) is 3.27. The third-order valence-electron chi connectivity index (χ3n) is 3.92. The fourth-order valence-electron chi connectivity index (χ4n) is 2.57. The van der Waals surface area contributed by atoms with Gasteiger partial charge >= 0.3 is 5.97 Å². The fourth-order valence-corrected chi connectivity index (χ4v) is 2.57. The predicted octanol–water partition coefficient (Wildman–Crippen LogP) is 3.35. The van der Waals surface area contributed by atoms with Crippen LogP contribution in [0, 0.1) is 0 Å². The van der Waals surface area contributed by atoms with E-state index in [9.17, 15) is 9.59 Å². The highest BCUT2D eigenvalue weighted by atomic mass is 16.7. The van der Waals surface area contributed by atoms with Gasteiger partial charge in [-0.2, -0.15) is 0 Å². The highest BCUT2D eigenvalue weighted by Gasteiger charge is 2.22. The fraction of sp³-hybridized carbons (Fsp3) is 0.158. The molecule has 1 amide bonds. The molecular weight excluding hydrogens is 338 g/mol. The minimum absolute atomic E-state index is 0.0499. The molecule has 0 saturated heterocycles. The van der Waals surface area contributed by atoms with Gasteiger partial charge in [0.1, 0.15) is 5.58 Å². The number of ether oxygens (including phenoxy) is 3. The molecule has 7 heteroatoms. The number of hydrogen-bond donors (Lipinski definition) is 1. The molecule has 7 nitrogen and oxygen atoms in total. The average molecular weight is 353 g/mol. The first-order valence-electron chi connectivity index (χ1n) is 8.00. The van der Waals surface area contributed by atoms with Crippen LogP contribution in [0.2, 0.25) is 0 Å². The Morgan fingerprint density at radius 3 is 2.73 bits per heavy atom. The maximum Gasteiger partial charge on any atom is 0.375 e. The normalized spacial score (nSPS) is 13.4. The summed E-state index contributed by atoms with van der Waals surface area (Å²) in [6, 6.07) is 13.8. The van der Waals surface area contributed by atoms with Crippen LogP contribution < -0.4 is 14.8 Å². The van der Waals surface area contributed by atoms with Gasteiger partial charge in [0, 0.05) is 17.1 Å². The van der Waals surface area contributed by atoms with Crippen LogP contribution in [0.25, 0.3) is 11.0 Å². The number of rotatable bonds is 4. The summed E-state index contributed by atoms with van der Waals surface area (Å²) in [6.07, 6.45) is -0.999. The topological polar surface area (TPSA) is 87.0 Å². The molecule has 0 bridgehead atoms. The summed E-state index contributed by atoms with van der Waals surface area (Å²) in [5, 5.41) is 3.46. The lowest BCUT2D eigenvalue weighted by Gasteiger charge is -2.13. The second-order valence-electron chi connectivity index (χ2n) is 5.75. The van der Waals surface area contributed by atoms with Gasteiger partial charge in [-0.25, -0.2) is 4.79 Å². The van der Waals surface area contributed by atoms with Crippen LogP contribution >= 0.6 is 0 Å². The van der Waals surface area contributed by atoms with E-state index in [1.54, 1.807) is 30.3 Å². The second kappa shape index (κ2) is 6.44. The van der Waals surface area contributed by atoms with Crippen LogP contribution in [0.1, 0.15) is 17.5 Å². The van der Waals surface area contributed by atoms with E-state index in [0.717, 1.165) is 5.39 Å². The van der Waals surface area contributed by atoms with Crippen LogP contribution in [0.15, 0.2) is 52.9 Å². The van der Waals surface area contributed by atoms with Crippen molar-refractivity contribution in [3.8, 4) is 11.5 Å². The molecule has 1 aromatic heterocycles. The number of para-hydroxylation sites is 1. The van der Waals surface area contributed by atoms with E-state index in [1.807, 2.05) is 18.2 Å². The second-order valence-corrected chi connectivity index (χ2v) is 5.75. The van der Waals surface area contributed by atoms with Gasteiger partial charge in [-0.15, -0.1) is 0 Å². The van der Waals surface area contributed by atoms with E-state index in [0.29, 0.717) is 22.8 Å². The molecule has 1 N–H and O–H groups in total. The van der Waals surface area contributed by atoms with Crippen LogP contribution in [0.3, 0.4) is 0 Å². The molecule has 4 rings (SSSR count). The highest BCUT2D eigenvalue weighted by molar-refractivity contribution is 5.98. The Kier molecular flexibility index (Phi) is 3.96.